The number of hydrogen-bond acceptors (Lipinski definition) is 4. The number of hydrogen-bond donors (Lipinski definition) is 2. The molecule has 1 saturated heterocycles. The van der Waals surface area contributed by atoms with Crippen LogP contribution in [-0.2, 0) is 9.59 Å². The summed E-state index contributed by atoms with van der Waals surface area (Å²) in [5, 5.41) is 14.5. The van der Waals surface area contributed by atoms with E-state index in [2.05, 4.69) is 5.32 Å². The van der Waals surface area contributed by atoms with Crippen LogP contribution in [0, 0.1) is 34.0 Å². The van der Waals surface area contributed by atoms with E-state index in [1.54, 1.807) is 6.92 Å². The molecule has 0 radical (unpaired) electrons. The molecule has 0 aromatic heterocycles. The third-order valence-corrected chi connectivity index (χ3v) is 9.69. The van der Waals surface area contributed by atoms with E-state index in [1.165, 1.54) is 18.2 Å². The lowest BCUT2D eigenvalue weighted by atomic mass is 9.43. The summed E-state index contributed by atoms with van der Waals surface area (Å²) >= 11 is 0. The lowest BCUT2D eigenvalue weighted by Crippen LogP contribution is -2.69. The van der Waals surface area contributed by atoms with E-state index < -0.39 is 52.6 Å². The molecule has 1 heterocycles. The first kappa shape index (κ1) is 20.4. The van der Waals surface area contributed by atoms with Crippen LogP contribution in [0.25, 0.3) is 0 Å². The number of ketones is 2. The first-order valence-corrected chi connectivity index (χ1v) is 10.8. The van der Waals surface area contributed by atoms with Crippen LogP contribution >= 0.6 is 0 Å². The molecule has 0 aromatic rings. The molecule has 0 bridgehead atoms. The number of aliphatic hydroxyl groups is 1. The molecule has 4 nitrogen and oxygen atoms in total. The quantitative estimate of drug-likeness (QED) is 0.717. The lowest BCUT2D eigenvalue weighted by Gasteiger charge is -2.63. The number of alkyl halides is 3. The van der Waals surface area contributed by atoms with E-state index in [-0.39, 0.29) is 36.0 Å². The Kier molecular flexibility index (Phi) is 4.13. The molecule has 164 valence electrons. The molecular weight excluding hydrogens is 395 g/mol. The Morgan fingerprint density at radius 1 is 1.30 bits per heavy atom. The Hall–Kier alpha value is -1.47. The standard InChI is InChI=1S/C23H28F3NO3/c1-20-4-3-13(28)6-16(20)17(25)7-15-14-5-12-10-27-11-22(12,19(30)9-24)21(14,2)8-18(29)23(15,20)26/h3-4,6,12,14-15,17-18,27,29H,5,7-11H2,1-2H3. The van der Waals surface area contributed by atoms with Crippen molar-refractivity contribution < 1.29 is 27.9 Å². The Morgan fingerprint density at radius 3 is 2.73 bits per heavy atom. The Bertz CT molecular complexity index is 889. The highest BCUT2D eigenvalue weighted by molar-refractivity contribution is 6.01. The van der Waals surface area contributed by atoms with Crippen molar-refractivity contribution in [3.63, 3.8) is 0 Å². The van der Waals surface area contributed by atoms with Gasteiger partial charge in [0.05, 0.1) is 11.5 Å². The summed E-state index contributed by atoms with van der Waals surface area (Å²) in [6.07, 6.45) is 1.25. The summed E-state index contributed by atoms with van der Waals surface area (Å²) in [6.45, 7) is 3.18. The average molecular weight is 423 g/mol. The summed E-state index contributed by atoms with van der Waals surface area (Å²) in [4.78, 5) is 24.8. The van der Waals surface area contributed by atoms with E-state index in [0.717, 1.165) is 0 Å². The molecule has 9 atom stereocenters. The molecule has 0 spiro atoms. The Morgan fingerprint density at radius 2 is 2.03 bits per heavy atom. The van der Waals surface area contributed by atoms with Gasteiger partial charge in [0.1, 0.15) is 12.8 Å². The summed E-state index contributed by atoms with van der Waals surface area (Å²) in [6, 6.07) is 0. The van der Waals surface area contributed by atoms with E-state index in [4.69, 9.17) is 0 Å². The lowest BCUT2D eigenvalue weighted by molar-refractivity contribution is -0.210. The van der Waals surface area contributed by atoms with Crippen molar-refractivity contribution >= 4 is 11.6 Å². The largest absolute Gasteiger partial charge is 0.390 e. The minimum atomic E-state index is -2.16. The number of fused-ring (bicyclic) bond motifs is 7. The van der Waals surface area contributed by atoms with Crippen molar-refractivity contribution in [3.8, 4) is 0 Å². The fraction of sp³-hybridized carbons (Fsp3) is 0.739. The molecule has 7 heteroatoms. The van der Waals surface area contributed by atoms with E-state index >= 15 is 8.78 Å². The van der Waals surface area contributed by atoms with Gasteiger partial charge in [0.2, 0.25) is 0 Å². The highest BCUT2D eigenvalue weighted by atomic mass is 19.1. The van der Waals surface area contributed by atoms with Crippen LogP contribution in [0.1, 0.15) is 33.1 Å². The number of aliphatic hydroxyl groups excluding tert-OH is 1. The predicted octanol–water partition coefficient (Wildman–Crippen LogP) is 2.66. The van der Waals surface area contributed by atoms with Crippen LogP contribution in [0.15, 0.2) is 23.8 Å². The highest BCUT2D eigenvalue weighted by Crippen LogP contribution is 2.73. The minimum Gasteiger partial charge on any atom is -0.390 e. The van der Waals surface area contributed by atoms with Crippen LogP contribution < -0.4 is 5.32 Å². The molecule has 30 heavy (non-hydrogen) atoms. The maximum absolute atomic E-state index is 17.0. The van der Waals surface area contributed by atoms with Crippen molar-refractivity contribution in [1.29, 1.82) is 0 Å². The maximum atomic E-state index is 17.0. The second kappa shape index (κ2) is 6.06. The molecule has 9 unspecified atom stereocenters. The van der Waals surface area contributed by atoms with Crippen molar-refractivity contribution in [2.45, 2.75) is 51.1 Å². The SMILES string of the molecule is CC12C=CC(=O)C=C1C(F)CC1C3CC4CNCC4(C(=O)CF)C3(C)CC(O)C12F. The molecule has 3 saturated carbocycles. The number of carbonyl (C=O) groups excluding carboxylic acids is 2. The van der Waals surface area contributed by atoms with Gasteiger partial charge in [-0.05, 0) is 67.7 Å². The third kappa shape index (κ3) is 2.02. The Labute approximate surface area is 174 Å². The normalized spacial score (nSPS) is 54.1. The second-order valence-electron chi connectivity index (χ2n) is 10.5. The summed E-state index contributed by atoms with van der Waals surface area (Å²) in [5.41, 5.74) is -5.33. The van der Waals surface area contributed by atoms with Crippen molar-refractivity contribution in [3.05, 3.63) is 23.8 Å². The predicted molar refractivity (Wildman–Crippen MR) is 104 cm³/mol. The van der Waals surface area contributed by atoms with Gasteiger partial charge in [-0.2, -0.15) is 0 Å². The molecule has 4 aliphatic carbocycles. The number of Topliss-reactive ketones (excluding diaryl/α,β-unsaturated/α-hetero) is 1. The molecule has 5 aliphatic rings. The van der Waals surface area contributed by atoms with Gasteiger partial charge in [0.15, 0.2) is 17.2 Å². The molecule has 1 aliphatic heterocycles. The average Bonchev–Trinajstić information content (AvgIpc) is 3.23. The maximum Gasteiger partial charge on any atom is 0.178 e. The number of halogens is 3. The fourth-order valence-electron chi connectivity index (χ4n) is 8.29. The number of nitrogens with one attached hydrogen (secondary N) is 1. The molecular formula is C23H28F3NO3. The van der Waals surface area contributed by atoms with Gasteiger partial charge < -0.3 is 10.4 Å². The van der Waals surface area contributed by atoms with Gasteiger partial charge >= 0.3 is 0 Å². The van der Waals surface area contributed by atoms with Crippen molar-refractivity contribution in [2.24, 2.45) is 34.0 Å². The third-order valence-electron chi connectivity index (χ3n) is 9.69. The minimum absolute atomic E-state index is 0.0101. The van der Waals surface area contributed by atoms with Gasteiger partial charge in [-0.3, -0.25) is 9.59 Å². The number of rotatable bonds is 2. The van der Waals surface area contributed by atoms with Crippen LogP contribution in [0.2, 0.25) is 0 Å². The molecule has 4 fully saturated rings. The van der Waals surface area contributed by atoms with Gasteiger partial charge in [0.25, 0.3) is 0 Å². The van der Waals surface area contributed by atoms with Crippen LogP contribution in [-0.4, -0.2) is 54.4 Å². The van der Waals surface area contributed by atoms with Crippen LogP contribution in [0.4, 0.5) is 13.2 Å². The van der Waals surface area contributed by atoms with Gasteiger partial charge in [0, 0.05) is 17.9 Å². The molecule has 2 N–H and O–H groups in total. The summed E-state index contributed by atoms with van der Waals surface area (Å²) in [7, 11) is 0. The first-order chi connectivity index (χ1) is 14.1. The topological polar surface area (TPSA) is 66.4 Å². The first-order valence-electron chi connectivity index (χ1n) is 10.8. The summed E-state index contributed by atoms with van der Waals surface area (Å²) in [5.74, 6) is -2.20. The van der Waals surface area contributed by atoms with Gasteiger partial charge in [-0.15, -0.1) is 0 Å². The highest BCUT2D eigenvalue weighted by Gasteiger charge is 2.77. The van der Waals surface area contributed by atoms with E-state index in [0.29, 0.717) is 19.5 Å². The number of allylic oxidation sites excluding steroid dienone is 4. The van der Waals surface area contributed by atoms with Crippen molar-refractivity contribution in [1.82, 2.24) is 5.32 Å². The zero-order valence-electron chi connectivity index (χ0n) is 17.3. The summed E-state index contributed by atoms with van der Waals surface area (Å²) < 4.78 is 46.0. The van der Waals surface area contributed by atoms with Gasteiger partial charge in [-0.1, -0.05) is 13.0 Å². The fourth-order valence-corrected chi connectivity index (χ4v) is 8.29. The van der Waals surface area contributed by atoms with E-state index in [1.807, 2.05) is 6.92 Å². The zero-order chi connectivity index (χ0) is 21.7. The zero-order valence-corrected chi connectivity index (χ0v) is 17.3. The monoisotopic (exact) mass is 423 g/mol. The Balaban J connectivity index is 1.66. The smallest absolute Gasteiger partial charge is 0.178 e. The van der Waals surface area contributed by atoms with E-state index in [9.17, 15) is 19.1 Å². The molecule has 0 amide bonds. The van der Waals surface area contributed by atoms with Gasteiger partial charge in [-0.25, -0.2) is 13.2 Å². The molecule has 0 aromatic carbocycles. The van der Waals surface area contributed by atoms with Crippen LogP contribution in [0.3, 0.4) is 0 Å². The molecule has 5 rings (SSSR count). The number of carbonyl (C=O) groups is 2. The van der Waals surface area contributed by atoms with Crippen LogP contribution in [0.5, 0.6) is 0 Å². The second-order valence-corrected chi connectivity index (χ2v) is 10.5. The van der Waals surface area contributed by atoms with Crippen molar-refractivity contribution in [2.75, 3.05) is 19.8 Å².